The van der Waals surface area contributed by atoms with Gasteiger partial charge >= 0.3 is 5.97 Å². The second-order valence-electron chi connectivity index (χ2n) is 1.40. The minimum Gasteiger partial charge on any atom is -0.464 e. The van der Waals surface area contributed by atoms with Crippen LogP contribution in [0.5, 0.6) is 0 Å². The molecular formula is C5H7BrFNO3. The molecule has 0 saturated heterocycles. The molecule has 0 rings (SSSR count). The van der Waals surface area contributed by atoms with Crippen molar-refractivity contribution in [3.05, 3.63) is 0 Å². The lowest BCUT2D eigenvalue weighted by Gasteiger charge is -1.97. The average molecular weight is 228 g/mol. The van der Waals surface area contributed by atoms with E-state index in [-0.39, 0.29) is 11.0 Å². The van der Waals surface area contributed by atoms with E-state index in [2.05, 4.69) is 30.7 Å². The highest BCUT2D eigenvalue weighted by atomic mass is 79.9. The smallest absolute Gasteiger partial charge is 0.356 e. The molecule has 0 N–H and O–H groups in total. The third kappa shape index (κ3) is 3.92. The molecule has 0 aromatic carbocycles. The van der Waals surface area contributed by atoms with E-state index in [1.54, 1.807) is 0 Å². The Morgan fingerprint density at radius 2 is 2.36 bits per heavy atom. The zero-order valence-corrected chi connectivity index (χ0v) is 7.43. The quantitative estimate of drug-likeness (QED) is 0.310. The van der Waals surface area contributed by atoms with E-state index < -0.39 is 12.8 Å². The lowest BCUT2D eigenvalue weighted by Crippen LogP contribution is -2.17. The molecule has 64 valence electrons. The van der Waals surface area contributed by atoms with Gasteiger partial charge in [-0.15, -0.1) is 0 Å². The highest BCUT2D eigenvalue weighted by Crippen LogP contribution is 1.91. The Kier molecular flexibility index (Phi) is 5.73. The Morgan fingerprint density at radius 3 is 2.73 bits per heavy atom. The van der Waals surface area contributed by atoms with Gasteiger partial charge in [-0.05, 0) is 0 Å². The Bertz CT molecular complexity index is 162. The lowest BCUT2D eigenvalue weighted by atomic mass is 10.4. The van der Waals surface area contributed by atoms with Gasteiger partial charge in [-0.3, -0.25) is 0 Å². The van der Waals surface area contributed by atoms with Crippen LogP contribution in [-0.4, -0.2) is 31.0 Å². The molecule has 0 radical (unpaired) electrons. The molecule has 0 unspecified atom stereocenters. The number of esters is 1. The number of oxime groups is 1. The van der Waals surface area contributed by atoms with Crippen molar-refractivity contribution in [2.24, 2.45) is 5.16 Å². The molecular weight excluding hydrogens is 221 g/mol. The first-order chi connectivity index (χ1) is 5.26. The molecule has 0 aromatic heterocycles. The summed E-state index contributed by atoms with van der Waals surface area (Å²) in [6.45, 7) is -1.06. The molecule has 0 aromatic rings. The highest BCUT2D eigenvalue weighted by molar-refractivity contribution is 9.09. The van der Waals surface area contributed by atoms with Gasteiger partial charge in [0.25, 0.3) is 6.86 Å². The van der Waals surface area contributed by atoms with E-state index in [9.17, 15) is 9.18 Å². The van der Waals surface area contributed by atoms with Crippen LogP contribution in [-0.2, 0) is 14.4 Å². The van der Waals surface area contributed by atoms with Crippen LogP contribution in [0.3, 0.4) is 0 Å². The SMILES string of the molecule is COC(=O)C(CBr)=NOCF. The molecule has 11 heavy (non-hydrogen) atoms. The number of carbonyl (C=O) groups is 1. The summed E-state index contributed by atoms with van der Waals surface area (Å²) in [5.74, 6) is -0.643. The molecule has 0 saturated carbocycles. The Labute approximate surface area is 71.5 Å². The fourth-order valence-corrected chi connectivity index (χ4v) is 0.668. The van der Waals surface area contributed by atoms with E-state index in [1.165, 1.54) is 7.11 Å². The predicted molar refractivity (Wildman–Crippen MR) is 40.3 cm³/mol. The largest absolute Gasteiger partial charge is 0.464 e. The summed E-state index contributed by atoms with van der Waals surface area (Å²) in [7, 11) is 1.20. The maximum Gasteiger partial charge on any atom is 0.356 e. The summed E-state index contributed by atoms with van der Waals surface area (Å²) in [5, 5.41) is 3.32. The number of hydrogen-bond donors (Lipinski definition) is 0. The summed E-state index contributed by atoms with van der Waals surface area (Å²) < 4.78 is 15.7. The van der Waals surface area contributed by atoms with Crippen molar-refractivity contribution in [2.45, 2.75) is 0 Å². The van der Waals surface area contributed by atoms with Gasteiger partial charge in [0.05, 0.1) is 12.4 Å². The minimum atomic E-state index is -1.06. The van der Waals surface area contributed by atoms with Gasteiger partial charge < -0.3 is 9.57 Å². The van der Waals surface area contributed by atoms with Crippen LogP contribution in [0, 0.1) is 0 Å². The Morgan fingerprint density at radius 1 is 1.73 bits per heavy atom. The maximum absolute atomic E-state index is 11.4. The number of rotatable bonds is 4. The number of nitrogens with zero attached hydrogens (tertiary/aromatic N) is 1. The fraction of sp³-hybridized carbons (Fsp3) is 0.600. The molecule has 0 aliphatic carbocycles. The van der Waals surface area contributed by atoms with Crippen LogP contribution in [0.25, 0.3) is 0 Å². The summed E-state index contributed by atoms with van der Waals surface area (Å²) in [4.78, 5) is 14.7. The molecule has 0 spiro atoms. The number of halogens is 2. The predicted octanol–water partition coefficient (Wildman–Crippen LogP) is 0.854. The first-order valence-corrected chi connectivity index (χ1v) is 3.77. The van der Waals surface area contributed by atoms with Crippen molar-refractivity contribution in [3.63, 3.8) is 0 Å². The van der Waals surface area contributed by atoms with E-state index in [0.29, 0.717) is 0 Å². The van der Waals surface area contributed by atoms with Gasteiger partial charge in [-0.1, -0.05) is 21.1 Å². The zero-order chi connectivity index (χ0) is 8.69. The van der Waals surface area contributed by atoms with Crippen molar-refractivity contribution < 1.29 is 18.8 Å². The van der Waals surface area contributed by atoms with Crippen LogP contribution in [0.4, 0.5) is 4.39 Å². The molecule has 0 fully saturated rings. The average Bonchev–Trinajstić information content (AvgIpc) is 2.05. The second kappa shape index (κ2) is 6.09. The molecule has 0 aliphatic rings. The monoisotopic (exact) mass is 227 g/mol. The first kappa shape index (κ1) is 10.3. The highest BCUT2D eigenvalue weighted by Gasteiger charge is 2.10. The van der Waals surface area contributed by atoms with Crippen LogP contribution in [0.15, 0.2) is 5.16 Å². The fourth-order valence-electron chi connectivity index (χ4n) is 0.336. The van der Waals surface area contributed by atoms with Crippen LogP contribution < -0.4 is 0 Å². The molecule has 0 aliphatic heterocycles. The van der Waals surface area contributed by atoms with Gasteiger partial charge in [0, 0.05) is 0 Å². The summed E-state index contributed by atoms with van der Waals surface area (Å²) in [6, 6.07) is 0. The van der Waals surface area contributed by atoms with Crippen molar-refractivity contribution >= 4 is 27.6 Å². The molecule has 0 amide bonds. The number of hydrogen-bond acceptors (Lipinski definition) is 4. The van der Waals surface area contributed by atoms with Crippen molar-refractivity contribution in [1.29, 1.82) is 0 Å². The molecule has 0 atom stereocenters. The maximum atomic E-state index is 11.4. The third-order valence-corrected chi connectivity index (χ3v) is 1.30. The van der Waals surface area contributed by atoms with E-state index >= 15 is 0 Å². The third-order valence-electron chi connectivity index (χ3n) is 0.771. The van der Waals surface area contributed by atoms with Crippen molar-refractivity contribution in [2.75, 3.05) is 19.3 Å². The summed E-state index contributed by atoms with van der Waals surface area (Å²) in [6.07, 6.45) is 0. The topological polar surface area (TPSA) is 47.9 Å². The van der Waals surface area contributed by atoms with Gasteiger partial charge in [0.1, 0.15) is 0 Å². The number of alkyl halides is 2. The Balaban J connectivity index is 4.03. The van der Waals surface area contributed by atoms with Crippen LogP contribution in [0.2, 0.25) is 0 Å². The van der Waals surface area contributed by atoms with E-state index in [0.717, 1.165) is 0 Å². The van der Waals surface area contributed by atoms with Crippen LogP contribution >= 0.6 is 15.9 Å². The Hall–Kier alpha value is -0.650. The second-order valence-corrected chi connectivity index (χ2v) is 1.96. The molecule has 6 heteroatoms. The van der Waals surface area contributed by atoms with Crippen molar-refractivity contribution in [3.8, 4) is 0 Å². The number of ether oxygens (including phenoxy) is 1. The van der Waals surface area contributed by atoms with Gasteiger partial charge in [0.15, 0.2) is 5.71 Å². The van der Waals surface area contributed by atoms with E-state index in [1.807, 2.05) is 0 Å². The zero-order valence-electron chi connectivity index (χ0n) is 5.84. The number of methoxy groups -OCH3 is 1. The normalized spacial score (nSPS) is 11.0. The van der Waals surface area contributed by atoms with Gasteiger partial charge in [-0.2, -0.15) is 0 Å². The van der Waals surface area contributed by atoms with Gasteiger partial charge in [-0.25, -0.2) is 9.18 Å². The number of carbonyl (C=O) groups excluding carboxylic acids is 1. The molecule has 0 heterocycles. The first-order valence-electron chi connectivity index (χ1n) is 2.65. The molecule has 4 nitrogen and oxygen atoms in total. The lowest BCUT2D eigenvalue weighted by molar-refractivity contribution is -0.133. The van der Waals surface area contributed by atoms with Crippen LogP contribution in [0.1, 0.15) is 0 Å². The van der Waals surface area contributed by atoms with Gasteiger partial charge in [0.2, 0.25) is 0 Å². The van der Waals surface area contributed by atoms with Crippen molar-refractivity contribution in [1.82, 2.24) is 0 Å². The summed E-state index contributed by atoms with van der Waals surface area (Å²) >= 11 is 2.95. The molecule has 0 bridgehead atoms. The summed E-state index contributed by atoms with van der Waals surface area (Å²) in [5.41, 5.74) is -0.00912. The standard InChI is InChI=1S/C5H7BrFNO3/c1-10-5(9)4(2-6)8-11-3-7/h2-3H2,1H3. The van der Waals surface area contributed by atoms with E-state index in [4.69, 9.17) is 0 Å². The minimum absolute atomic E-state index is 0.00912.